The third-order valence-corrected chi connectivity index (χ3v) is 2.76. The van der Waals surface area contributed by atoms with Crippen molar-refractivity contribution in [3.05, 3.63) is 65.7 Å². The summed E-state index contributed by atoms with van der Waals surface area (Å²) in [5.41, 5.74) is 1.20. The zero-order valence-electron chi connectivity index (χ0n) is 10.6. The topological polar surface area (TPSA) is 43.4 Å². The maximum absolute atomic E-state index is 12.1. The Morgan fingerprint density at radius 2 is 1.68 bits per heavy atom. The van der Waals surface area contributed by atoms with Crippen LogP contribution in [0.25, 0.3) is 0 Å². The predicted molar refractivity (Wildman–Crippen MR) is 72.7 cm³/mol. The number of benzene rings is 2. The summed E-state index contributed by atoms with van der Waals surface area (Å²) in [5, 5.41) is 0. The molecule has 0 saturated carbocycles. The molecule has 3 nitrogen and oxygen atoms in total. The molecule has 0 aliphatic carbocycles. The normalized spacial score (nSPS) is 11.6. The summed E-state index contributed by atoms with van der Waals surface area (Å²) in [6.45, 7) is 1.71. The van der Waals surface area contributed by atoms with Crippen LogP contribution in [-0.2, 0) is 0 Å². The van der Waals surface area contributed by atoms with Crippen molar-refractivity contribution < 1.29 is 14.3 Å². The summed E-state index contributed by atoms with van der Waals surface area (Å²) < 4.78 is 5.56. The van der Waals surface area contributed by atoms with E-state index in [1.807, 2.05) is 18.2 Å². The number of hydrogen-bond acceptors (Lipinski definition) is 3. The third-order valence-electron chi connectivity index (χ3n) is 2.76. The molecule has 2 rings (SSSR count). The smallest absolute Gasteiger partial charge is 0.202 e. The van der Waals surface area contributed by atoms with Gasteiger partial charge in [0.15, 0.2) is 6.10 Å². The first-order chi connectivity index (χ1) is 9.20. The Bertz CT molecular complexity index is 558. The number of carbonyl (C=O) groups excluding carboxylic acids is 2. The molecule has 1 atom stereocenters. The molecule has 0 amide bonds. The van der Waals surface area contributed by atoms with Gasteiger partial charge < -0.3 is 4.74 Å². The van der Waals surface area contributed by atoms with E-state index in [0.717, 1.165) is 6.29 Å². The van der Waals surface area contributed by atoms with Gasteiger partial charge in [-0.2, -0.15) is 0 Å². The molecule has 0 fully saturated rings. The van der Waals surface area contributed by atoms with Crippen LogP contribution in [-0.4, -0.2) is 18.2 Å². The number of Topliss-reactive ketones (excluding diaryl/α,β-unsaturated/α-hetero) is 1. The lowest BCUT2D eigenvalue weighted by molar-refractivity contribution is 0.0818. The molecule has 2 aromatic carbocycles. The lowest BCUT2D eigenvalue weighted by Gasteiger charge is -2.13. The molecule has 0 aliphatic rings. The van der Waals surface area contributed by atoms with Crippen LogP contribution in [0.15, 0.2) is 54.6 Å². The monoisotopic (exact) mass is 254 g/mol. The average Bonchev–Trinajstić information content (AvgIpc) is 2.48. The first-order valence-electron chi connectivity index (χ1n) is 6.02. The van der Waals surface area contributed by atoms with Gasteiger partial charge in [0.25, 0.3) is 0 Å². The molecule has 0 saturated heterocycles. The molecule has 0 N–H and O–H groups in total. The highest BCUT2D eigenvalue weighted by molar-refractivity contribution is 5.99. The van der Waals surface area contributed by atoms with Crippen molar-refractivity contribution in [1.82, 2.24) is 0 Å². The average molecular weight is 254 g/mol. The van der Waals surface area contributed by atoms with E-state index in [0.29, 0.717) is 16.9 Å². The fourth-order valence-electron chi connectivity index (χ4n) is 1.72. The van der Waals surface area contributed by atoms with E-state index in [1.165, 1.54) is 0 Å². The molecule has 0 aliphatic heterocycles. The zero-order chi connectivity index (χ0) is 13.7. The maximum Gasteiger partial charge on any atom is 0.202 e. The van der Waals surface area contributed by atoms with Gasteiger partial charge in [0.1, 0.15) is 12.0 Å². The lowest BCUT2D eigenvalue weighted by Crippen LogP contribution is -2.23. The van der Waals surface area contributed by atoms with Crippen molar-refractivity contribution in [2.75, 3.05) is 0 Å². The van der Waals surface area contributed by atoms with Gasteiger partial charge in [0.2, 0.25) is 5.78 Å². The molecule has 2 aromatic rings. The molecule has 0 bridgehead atoms. The Balaban J connectivity index is 2.06. The Morgan fingerprint density at radius 3 is 2.26 bits per heavy atom. The van der Waals surface area contributed by atoms with Crippen LogP contribution >= 0.6 is 0 Å². The van der Waals surface area contributed by atoms with E-state index in [-0.39, 0.29) is 5.78 Å². The molecule has 0 heterocycles. The minimum atomic E-state index is -0.565. The van der Waals surface area contributed by atoms with Gasteiger partial charge in [0.05, 0.1) is 0 Å². The number of carbonyl (C=O) groups is 2. The van der Waals surface area contributed by atoms with Crippen LogP contribution in [0.1, 0.15) is 27.6 Å². The number of ether oxygens (including phenoxy) is 1. The second-order valence-corrected chi connectivity index (χ2v) is 4.18. The van der Waals surface area contributed by atoms with Crippen molar-refractivity contribution >= 4 is 12.1 Å². The van der Waals surface area contributed by atoms with Crippen LogP contribution in [0.3, 0.4) is 0 Å². The minimum Gasteiger partial charge on any atom is -0.483 e. The van der Waals surface area contributed by atoms with E-state index < -0.39 is 6.10 Å². The third kappa shape index (κ3) is 3.28. The fraction of sp³-hybridized carbons (Fsp3) is 0.125. The molecule has 3 heteroatoms. The fourth-order valence-corrected chi connectivity index (χ4v) is 1.72. The second-order valence-electron chi connectivity index (χ2n) is 4.18. The van der Waals surface area contributed by atoms with Gasteiger partial charge in [-0.05, 0) is 31.2 Å². The summed E-state index contributed by atoms with van der Waals surface area (Å²) in [6.07, 6.45) is 0.201. The van der Waals surface area contributed by atoms with Gasteiger partial charge in [-0.25, -0.2) is 0 Å². The number of aldehydes is 1. The molecular formula is C16H14O3. The lowest BCUT2D eigenvalue weighted by atomic mass is 10.1. The summed E-state index contributed by atoms with van der Waals surface area (Å²) in [4.78, 5) is 22.6. The highest BCUT2D eigenvalue weighted by Gasteiger charge is 2.16. The Labute approximate surface area is 111 Å². The molecular weight excluding hydrogens is 240 g/mol. The number of ketones is 1. The first kappa shape index (κ1) is 13.0. The molecule has 0 radical (unpaired) electrons. The summed E-state index contributed by atoms with van der Waals surface area (Å²) in [7, 11) is 0. The SMILES string of the molecule is C[C@@H](Oc1ccc(C=O)cc1)C(=O)c1ccccc1. The van der Waals surface area contributed by atoms with Gasteiger partial charge >= 0.3 is 0 Å². The molecule has 0 aromatic heterocycles. The van der Waals surface area contributed by atoms with Crippen molar-refractivity contribution in [1.29, 1.82) is 0 Å². The summed E-state index contributed by atoms with van der Waals surface area (Å²) in [5.74, 6) is 0.502. The molecule has 0 spiro atoms. The quantitative estimate of drug-likeness (QED) is 0.608. The summed E-state index contributed by atoms with van der Waals surface area (Å²) in [6, 6.07) is 15.7. The van der Waals surface area contributed by atoms with E-state index in [2.05, 4.69) is 0 Å². The summed E-state index contributed by atoms with van der Waals surface area (Å²) >= 11 is 0. The predicted octanol–water partition coefficient (Wildman–Crippen LogP) is 3.15. The van der Waals surface area contributed by atoms with E-state index in [9.17, 15) is 9.59 Å². The largest absolute Gasteiger partial charge is 0.483 e. The van der Waals surface area contributed by atoms with Crippen LogP contribution in [0, 0.1) is 0 Å². The van der Waals surface area contributed by atoms with Gasteiger partial charge in [-0.3, -0.25) is 9.59 Å². The van der Waals surface area contributed by atoms with E-state index >= 15 is 0 Å². The van der Waals surface area contributed by atoms with Crippen molar-refractivity contribution in [2.45, 2.75) is 13.0 Å². The van der Waals surface area contributed by atoms with Gasteiger partial charge in [0, 0.05) is 11.1 Å². The number of hydrogen-bond donors (Lipinski definition) is 0. The van der Waals surface area contributed by atoms with Crippen LogP contribution in [0.2, 0.25) is 0 Å². The van der Waals surface area contributed by atoms with E-state index in [4.69, 9.17) is 4.74 Å². The van der Waals surface area contributed by atoms with Crippen molar-refractivity contribution in [3.8, 4) is 5.75 Å². The highest BCUT2D eigenvalue weighted by atomic mass is 16.5. The van der Waals surface area contributed by atoms with Gasteiger partial charge in [-0.1, -0.05) is 30.3 Å². The Hall–Kier alpha value is -2.42. The Morgan fingerprint density at radius 1 is 1.05 bits per heavy atom. The maximum atomic E-state index is 12.1. The molecule has 19 heavy (non-hydrogen) atoms. The zero-order valence-corrected chi connectivity index (χ0v) is 10.6. The van der Waals surface area contributed by atoms with Crippen LogP contribution in [0.4, 0.5) is 0 Å². The number of rotatable bonds is 5. The van der Waals surface area contributed by atoms with Gasteiger partial charge in [-0.15, -0.1) is 0 Å². The molecule has 96 valence electrons. The van der Waals surface area contributed by atoms with E-state index in [1.54, 1.807) is 43.3 Å². The highest BCUT2D eigenvalue weighted by Crippen LogP contribution is 2.15. The second kappa shape index (κ2) is 5.96. The van der Waals surface area contributed by atoms with Crippen LogP contribution < -0.4 is 4.74 Å². The van der Waals surface area contributed by atoms with Crippen molar-refractivity contribution in [3.63, 3.8) is 0 Å². The van der Waals surface area contributed by atoms with Crippen molar-refractivity contribution in [2.24, 2.45) is 0 Å². The Kier molecular flexibility index (Phi) is 4.08. The minimum absolute atomic E-state index is 0.0694. The standard InChI is InChI=1S/C16H14O3/c1-12(16(18)14-5-3-2-4-6-14)19-15-9-7-13(11-17)8-10-15/h2-12H,1H3/t12-/m1/s1. The van der Waals surface area contributed by atoms with Crippen LogP contribution in [0.5, 0.6) is 5.75 Å². The molecule has 0 unspecified atom stereocenters. The first-order valence-corrected chi connectivity index (χ1v) is 6.02.